The number of hydrogen-bond donors (Lipinski definition) is 0. The highest BCUT2D eigenvalue weighted by molar-refractivity contribution is 7.18. The monoisotopic (exact) mass is 253 g/mol. The molecule has 3 heterocycles. The third-order valence-corrected chi connectivity index (χ3v) is 3.75. The molecule has 0 aliphatic heterocycles. The molecule has 4 nitrogen and oxygen atoms in total. The van der Waals surface area contributed by atoms with Gasteiger partial charge < -0.3 is 0 Å². The normalized spacial score (nSPS) is 10.9. The van der Waals surface area contributed by atoms with Crippen molar-refractivity contribution in [3.05, 3.63) is 40.3 Å². The van der Waals surface area contributed by atoms with E-state index in [1.807, 2.05) is 12.1 Å². The molecule has 0 bridgehead atoms. The first-order valence-corrected chi connectivity index (χ1v) is 6.21. The van der Waals surface area contributed by atoms with Crippen molar-refractivity contribution < 1.29 is 0 Å². The van der Waals surface area contributed by atoms with E-state index in [0.29, 0.717) is 10.8 Å². The lowest BCUT2D eigenvalue weighted by molar-refractivity contribution is 0.723. The van der Waals surface area contributed by atoms with E-state index in [-0.39, 0.29) is 5.56 Å². The molecule has 86 valence electrons. The van der Waals surface area contributed by atoms with Crippen LogP contribution in [0, 0.1) is 0 Å². The van der Waals surface area contributed by atoms with E-state index in [0.717, 1.165) is 16.0 Å². The molecule has 0 unspecified atom stereocenters. The van der Waals surface area contributed by atoms with Crippen LogP contribution in [0.4, 0.5) is 0 Å². The van der Waals surface area contributed by atoms with E-state index in [2.05, 4.69) is 10.1 Å². The summed E-state index contributed by atoms with van der Waals surface area (Å²) in [6, 6.07) is 3.73. The highest BCUT2D eigenvalue weighted by atomic mass is 32.1. The maximum atomic E-state index is 12.0. The van der Waals surface area contributed by atoms with Crippen molar-refractivity contribution in [1.82, 2.24) is 14.8 Å². The van der Waals surface area contributed by atoms with Gasteiger partial charge in [-0.3, -0.25) is 9.78 Å². The van der Waals surface area contributed by atoms with E-state index < -0.39 is 0 Å². The first-order chi connectivity index (χ1) is 8.68. The standard InChI is InChI=1S/C12H8BN3OS/c1-16-12(17)9-8(13)6-18-11(9)10(15-16)7-2-4-14-5-3-7/h2-6H,1H3. The van der Waals surface area contributed by atoms with E-state index in [9.17, 15) is 4.79 Å². The molecule has 3 rings (SSSR count). The lowest BCUT2D eigenvalue weighted by atomic mass is 9.96. The van der Waals surface area contributed by atoms with E-state index in [4.69, 9.17) is 7.85 Å². The molecule has 0 N–H and O–H groups in total. The second-order valence-electron chi connectivity index (χ2n) is 3.91. The Bertz CT molecular complexity index is 779. The van der Waals surface area contributed by atoms with Gasteiger partial charge in [-0.25, -0.2) is 4.68 Å². The Morgan fingerprint density at radius 1 is 1.33 bits per heavy atom. The molecule has 18 heavy (non-hydrogen) atoms. The number of aromatic nitrogens is 3. The summed E-state index contributed by atoms with van der Waals surface area (Å²) in [5.74, 6) is 0. The van der Waals surface area contributed by atoms with Gasteiger partial charge in [-0.1, -0.05) is 5.46 Å². The molecule has 0 amide bonds. The molecule has 0 aliphatic rings. The fourth-order valence-electron chi connectivity index (χ4n) is 1.87. The van der Waals surface area contributed by atoms with Crippen molar-refractivity contribution in [3.63, 3.8) is 0 Å². The number of rotatable bonds is 1. The Labute approximate surface area is 108 Å². The van der Waals surface area contributed by atoms with Crippen LogP contribution in [0.15, 0.2) is 34.7 Å². The fraction of sp³-hybridized carbons (Fsp3) is 0.0833. The Kier molecular flexibility index (Phi) is 2.52. The zero-order chi connectivity index (χ0) is 12.7. The van der Waals surface area contributed by atoms with Crippen molar-refractivity contribution in [2.24, 2.45) is 7.05 Å². The molecule has 0 saturated carbocycles. The molecule has 3 aromatic heterocycles. The van der Waals surface area contributed by atoms with E-state index in [1.165, 1.54) is 16.0 Å². The van der Waals surface area contributed by atoms with Crippen LogP contribution in [0.3, 0.4) is 0 Å². The molecule has 0 fully saturated rings. The summed E-state index contributed by atoms with van der Waals surface area (Å²) in [7, 11) is 7.48. The molecule has 0 aromatic carbocycles. The van der Waals surface area contributed by atoms with Gasteiger partial charge in [-0.15, -0.1) is 11.3 Å². The zero-order valence-corrected chi connectivity index (χ0v) is 10.4. The maximum Gasteiger partial charge on any atom is 0.274 e. The molecule has 2 radical (unpaired) electrons. The van der Waals surface area contributed by atoms with Crippen LogP contribution >= 0.6 is 11.3 Å². The molecule has 6 heteroatoms. The van der Waals surface area contributed by atoms with Gasteiger partial charge in [0.05, 0.1) is 10.1 Å². The topological polar surface area (TPSA) is 47.8 Å². The first-order valence-electron chi connectivity index (χ1n) is 5.33. The number of fused-ring (bicyclic) bond motifs is 1. The van der Waals surface area contributed by atoms with Crippen molar-refractivity contribution in [2.45, 2.75) is 0 Å². The Hall–Kier alpha value is -1.95. The lowest BCUT2D eigenvalue weighted by Gasteiger charge is -2.05. The molecule has 0 saturated heterocycles. The van der Waals surface area contributed by atoms with E-state index in [1.54, 1.807) is 24.8 Å². The minimum Gasteiger partial charge on any atom is -0.267 e. The van der Waals surface area contributed by atoms with Crippen molar-refractivity contribution in [1.29, 1.82) is 0 Å². The van der Waals surface area contributed by atoms with Gasteiger partial charge in [-0.2, -0.15) is 5.10 Å². The Balaban J connectivity index is 2.45. The molecule has 0 spiro atoms. The van der Waals surface area contributed by atoms with Crippen LogP contribution in [0.5, 0.6) is 0 Å². The highest BCUT2D eigenvalue weighted by Crippen LogP contribution is 2.26. The first kappa shape index (κ1) is 11.2. The van der Waals surface area contributed by atoms with Crippen LogP contribution in [0.2, 0.25) is 0 Å². The fourth-order valence-corrected chi connectivity index (χ4v) is 2.82. The van der Waals surface area contributed by atoms with Crippen molar-refractivity contribution >= 4 is 34.7 Å². The second-order valence-corrected chi connectivity index (χ2v) is 4.79. The van der Waals surface area contributed by atoms with Gasteiger partial charge in [0, 0.05) is 25.0 Å². The number of hydrogen-bond acceptors (Lipinski definition) is 4. The maximum absolute atomic E-state index is 12.0. The van der Waals surface area contributed by atoms with Crippen LogP contribution < -0.4 is 11.0 Å². The Morgan fingerprint density at radius 3 is 2.78 bits per heavy atom. The largest absolute Gasteiger partial charge is 0.274 e. The lowest BCUT2D eigenvalue weighted by Crippen LogP contribution is -2.23. The molecular weight excluding hydrogens is 245 g/mol. The van der Waals surface area contributed by atoms with Gasteiger partial charge in [0.25, 0.3) is 5.56 Å². The van der Waals surface area contributed by atoms with Crippen LogP contribution in [0.25, 0.3) is 21.3 Å². The van der Waals surface area contributed by atoms with Gasteiger partial charge in [0.15, 0.2) is 0 Å². The molecule has 0 atom stereocenters. The predicted octanol–water partition coefficient (Wildman–Crippen LogP) is 0.851. The van der Waals surface area contributed by atoms with E-state index >= 15 is 0 Å². The third-order valence-electron chi connectivity index (χ3n) is 2.75. The van der Waals surface area contributed by atoms with Gasteiger partial charge in [0.2, 0.25) is 0 Å². The van der Waals surface area contributed by atoms with Crippen LogP contribution in [-0.2, 0) is 7.05 Å². The summed E-state index contributed by atoms with van der Waals surface area (Å²) in [5, 5.41) is 6.64. The summed E-state index contributed by atoms with van der Waals surface area (Å²) in [6.45, 7) is 0. The van der Waals surface area contributed by atoms with Crippen LogP contribution in [-0.4, -0.2) is 22.6 Å². The number of thiophene rings is 1. The number of pyridine rings is 1. The second kappa shape index (κ2) is 4.06. The average Bonchev–Trinajstić information content (AvgIpc) is 2.77. The average molecular weight is 253 g/mol. The molecular formula is C12H8BN3OS. The quantitative estimate of drug-likeness (QED) is 0.604. The minimum absolute atomic E-state index is 0.165. The summed E-state index contributed by atoms with van der Waals surface area (Å²) >= 11 is 1.44. The predicted molar refractivity (Wildman–Crippen MR) is 73.5 cm³/mol. The summed E-state index contributed by atoms with van der Waals surface area (Å²) in [6.07, 6.45) is 3.40. The zero-order valence-electron chi connectivity index (χ0n) is 9.62. The van der Waals surface area contributed by atoms with Gasteiger partial charge in [-0.05, 0) is 17.5 Å². The van der Waals surface area contributed by atoms with Gasteiger partial charge in [0.1, 0.15) is 13.5 Å². The third kappa shape index (κ3) is 1.57. The molecule has 0 aliphatic carbocycles. The van der Waals surface area contributed by atoms with Crippen molar-refractivity contribution in [3.8, 4) is 11.3 Å². The van der Waals surface area contributed by atoms with Crippen LogP contribution in [0.1, 0.15) is 0 Å². The smallest absolute Gasteiger partial charge is 0.267 e. The summed E-state index contributed by atoms with van der Waals surface area (Å²) in [5.41, 5.74) is 2.03. The number of nitrogens with zero attached hydrogens (tertiary/aromatic N) is 3. The molecule has 3 aromatic rings. The summed E-state index contributed by atoms with van der Waals surface area (Å²) in [4.78, 5) is 16.0. The Morgan fingerprint density at radius 2 is 2.06 bits per heavy atom. The SMILES string of the molecule is [B]c1csc2c(-c3ccncc3)nn(C)c(=O)c12. The van der Waals surface area contributed by atoms with Crippen molar-refractivity contribution in [2.75, 3.05) is 0 Å². The number of aryl methyl sites for hydroxylation is 1. The minimum atomic E-state index is -0.165. The summed E-state index contributed by atoms with van der Waals surface area (Å²) < 4.78 is 2.14. The van der Waals surface area contributed by atoms with Gasteiger partial charge >= 0.3 is 0 Å². The highest BCUT2D eigenvalue weighted by Gasteiger charge is 2.13.